The Bertz CT molecular complexity index is 221. The van der Waals surface area contributed by atoms with E-state index in [-0.39, 0.29) is 0 Å². The van der Waals surface area contributed by atoms with Crippen LogP contribution >= 0.6 is 0 Å². The summed E-state index contributed by atoms with van der Waals surface area (Å²) in [5.74, 6) is 1.95. The van der Waals surface area contributed by atoms with E-state index >= 15 is 0 Å². The number of hydrogen-bond acceptors (Lipinski definition) is 0. The maximum Gasteiger partial charge on any atom is -0.0272 e. The van der Waals surface area contributed by atoms with Gasteiger partial charge in [0.25, 0.3) is 0 Å². The fourth-order valence-electron chi connectivity index (χ4n) is 4.70. The molecule has 0 heteroatoms. The van der Waals surface area contributed by atoms with Crippen LogP contribution in [0.25, 0.3) is 0 Å². The van der Waals surface area contributed by atoms with Gasteiger partial charge in [-0.2, -0.15) is 0 Å². The zero-order valence-electron chi connectivity index (χ0n) is 13.2. The summed E-state index contributed by atoms with van der Waals surface area (Å²) in [6, 6.07) is 0. The van der Waals surface area contributed by atoms with Gasteiger partial charge in [0.05, 0.1) is 0 Å². The summed E-state index contributed by atoms with van der Waals surface area (Å²) in [5, 5.41) is 0. The Hall–Kier alpha value is 0. The summed E-state index contributed by atoms with van der Waals surface area (Å²) in [7, 11) is 0. The van der Waals surface area contributed by atoms with Crippen LogP contribution in [-0.4, -0.2) is 0 Å². The zero-order chi connectivity index (χ0) is 13.2. The predicted octanol–water partition coefficient (Wildman–Crippen LogP) is 6.20. The van der Waals surface area contributed by atoms with E-state index in [0.29, 0.717) is 10.8 Å². The molecule has 0 heterocycles. The molecule has 18 heavy (non-hydrogen) atoms. The maximum absolute atomic E-state index is 2.58. The van der Waals surface area contributed by atoms with Crippen molar-refractivity contribution in [2.24, 2.45) is 22.7 Å². The first-order valence-electron chi connectivity index (χ1n) is 8.46. The standard InChI is InChI=1S/C18H34/c1-17(2,15-11-7-5-8-12-15)18(3,4)16-13-9-6-10-14-16/h15-16H,5-14H2,1-4H3. The average molecular weight is 250 g/mol. The molecular formula is C18H34. The van der Waals surface area contributed by atoms with E-state index in [1.54, 1.807) is 0 Å². The monoisotopic (exact) mass is 250 g/mol. The van der Waals surface area contributed by atoms with Crippen molar-refractivity contribution in [3.63, 3.8) is 0 Å². The lowest BCUT2D eigenvalue weighted by atomic mass is 9.52. The second-order valence-corrected chi connectivity index (χ2v) is 8.11. The van der Waals surface area contributed by atoms with Crippen molar-refractivity contribution in [1.82, 2.24) is 0 Å². The molecule has 0 aromatic heterocycles. The first kappa shape index (κ1) is 14.4. The quantitative estimate of drug-likeness (QED) is 0.559. The molecule has 0 aromatic carbocycles. The van der Waals surface area contributed by atoms with Crippen molar-refractivity contribution in [2.75, 3.05) is 0 Å². The normalized spacial score (nSPS) is 25.3. The molecule has 106 valence electrons. The SMILES string of the molecule is CC(C)(C1CCCCC1)C(C)(C)C1CCCCC1. The van der Waals surface area contributed by atoms with E-state index < -0.39 is 0 Å². The van der Waals surface area contributed by atoms with Gasteiger partial charge < -0.3 is 0 Å². The molecule has 2 saturated carbocycles. The molecule has 0 bridgehead atoms. The van der Waals surface area contributed by atoms with Crippen molar-refractivity contribution in [1.29, 1.82) is 0 Å². The minimum Gasteiger partial charge on any atom is -0.0591 e. The summed E-state index contributed by atoms with van der Waals surface area (Å²) in [6.07, 6.45) is 14.8. The molecule has 2 fully saturated rings. The molecule has 0 amide bonds. The Balaban J connectivity index is 2.09. The van der Waals surface area contributed by atoms with E-state index in [1.165, 1.54) is 64.2 Å². The Morgan fingerprint density at radius 3 is 1.06 bits per heavy atom. The van der Waals surface area contributed by atoms with Crippen LogP contribution < -0.4 is 0 Å². The van der Waals surface area contributed by atoms with Gasteiger partial charge in [-0.1, -0.05) is 66.2 Å². The smallest absolute Gasteiger partial charge is 0.0272 e. The second-order valence-electron chi connectivity index (χ2n) is 8.11. The summed E-state index contributed by atoms with van der Waals surface area (Å²) >= 11 is 0. The van der Waals surface area contributed by atoms with E-state index in [9.17, 15) is 0 Å². The van der Waals surface area contributed by atoms with Crippen LogP contribution in [-0.2, 0) is 0 Å². The van der Waals surface area contributed by atoms with Crippen molar-refractivity contribution in [3.05, 3.63) is 0 Å². The molecule has 0 unspecified atom stereocenters. The second kappa shape index (κ2) is 5.55. The summed E-state index contributed by atoms with van der Waals surface area (Å²) in [6.45, 7) is 10.3. The molecule has 2 aliphatic carbocycles. The third kappa shape index (κ3) is 2.63. The molecule has 2 aliphatic rings. The highest BCUT2D eigenvalue weighted by molar-refractivity contribution is 4.96. The summed E-state index contributed by atoms with van der Waals surface area (Å²) in [4.78, 5) is 0. The van der Waals surface area contributed by atoms with Gasteiger partial charge in [0.15, 0.2) is 0 Å². The van der Waals surface area contributed by atoms with Crippen molar-refractivity contribution in [2.45, 2.75) is 91.9 Å². The highest BCUT2D eigenvalue weighted by Gasteiger charge is 2.47. The van der Waals surface area contributed by atoms with Crippen LogP contribution in [0.2, 0.25) is 0 Å². The summed E-state index contributed by atoms with van der Waals surface area (Å²) < 4.78 is 0. The van der Waals surface area contributed by atoms with E-state index in [1.807, 2.05) is 0 Å². The van der Waals surface area contributed by atoms with Crippen molar-refractivity contribution in [3.8, 4) is 0 Å². The van der Waals surface area contributed by atoms with E-state index in [0.717, 1.165) is 11.8 Å². The van der Waals surface area contributed by atoms with Gasteiger partial charge >= 0.3 is 0 Å². The van der Waals surface area contributed by atoms with Gasteiger partial charge in [-0.05, 0) is 48.3 Å². The Kier molecular flexibility index (Phi) is 4.44. The van der Waals surface area contributed by atoms with Gasteiger partial charge in [0.1, 0.15) is 0 Å². The third-order valence-corrected chi connectivity index (χ3v) is 6.91. The van der Waals surface area contributed by atoms with Crippen LogP contribution in [0.4, 0.5) is 0 Å². The van der Waals surface area contributed by atoms with Gasteiger partial charge in [-0.3, -0.25) is 0 Å². The molecule has 0 saturated heterocycles. The highest BCUT2D eigenvalue weighted by atomic mass is 14.5. The van der Waals surface area contributed by atoms with Gasteiger partial charge in [0, 0.05) is 0 Å². The number of rotatable bonds is 3. The lowest BCUT2D eigenvalue weighted by Gasteiger charge is -2.53. The molecule has 0 atom stereocenters. The number of hydrogen-bond donors (Lipinski definition) is 0. The fourth-order valence-corrected chi connectivity index (χ4v) is 4.70. The molecule has 0 aromatic rings. The predicted molar refractivity (Wildman–Crippen MR) is 80.7 cm³/mol. The van der Waals surface area contributed by atoms with E-state index in [2.05, 4.69) is 27.7 Å². The molecule has 0 nitrogen and oxygen atoms in total. The average Bonchev–Trinajstić information content (AvgIpc) is 2.40. The molecule has 0 spiro atoms. The van der Waals surface area contributed by atoms with Gasteiger partial charge in [0.2, 0.25) is 0 Å². The van der Waals surface area contributed by atoms with Crippen molar-refractivity contribution >= 4 is 0 Å². The Labute approximate surface area is 115 Å². The van der Waals surface area contributed by atoms with Crippen LogP contribution in [0.15, 0.2) is 0 Å². The molecule has 0 N–H and O–H groups in total. The molecule has 0 radical (unpaired) electrons. The van der Waals surface area contributed by atoms with Crippen LogP contribution in [0, 0.1) is 22.7 Å². The largest absolute Gasteiger partial charge is 0.0591 e. The Morgan fingerprint density at radius 1 is 0.500 bits per heavy atom. The molecular weight excluding hydrogens is 216 g/mol. The minimum absolute atomic E-state index is 0.523. The van der Waals surface area contributed by atoms with Crippen molar-refractivity contribution < 1.29 is 0 Å². The fraction of sp³-hybridized carbons (Fsp3) is 1.00. The van der Waals surface area contributed by atoms with Crippen LogP contribution in [0.5, 0.6) is 0 Å². The summed E-state index contributed by atoms with van der Waals surface area (Å²) in [5.41, 5.74) is 1.05. The maximum atomic E-state index is 2.58. The third-order valence-electron chi connectivity index (χ3n) is 6.91. The highest BCUT2D eigenvalue weighted by Crippen LogP contribution is 2.55. The van der Waals surface area contributed by atoms with Gasteiger partial charge in [-0.25, -0.2) is 0 Å². The minimum atomic E-state index is 0.523. The van der Waals surface area contributed by atoms with Gasteiger partial charge in [-0.15, -0.1) is 0 Å². The lowest BCUT2D eigenvalue weighted by Crippen LogP contribution is -2.45. The first-order valence-corrected chi connectivity index (χ1v) is 8.46. The lowest BCUT2D eigenvalue weighted by molar-refractivity contribution is -0.0378. The molecule has 0 aliphatic heterocycles. The van der Waals surface area contributed by atoms with Crippen LogP contribution in [0.3, 0.4) is 0 Å². The first-order chi connectivity index (χ1) is 8.46. The van der Waals surface area contributed by atoms with Crippen LogP contribution in [0.1, 0.15) is 91.9 Å². The topological polar surface area (TPSA) is 0 Å². The van der Waals surface area contributed by atoms with E-state index in [4.69, 9.17) is 0 Å². The Morgan fingerprint density at radius 2 is 0.778 bits per heavy atom. The molecule has 2 rings (SSSR count). The zero-order valence-corrected chi connectivity index (χ0v) is 13.2.